The number of nitrogens with zero attached hydrogens (tertiary/aromatic N) is 1. The highest BCUT2D eigenvalue weighted by atomic mass is 16.3. The lowest BCUT2D eigenvalue weighted by Gasteiger charge is -2.26. The molecule has 16 heavy (non-hydrogen) atoms. The predicted molar refractivity (Wildman–Crippen MR) is 67.7 cm³/mol. The van der Waals surface area contributed by atoms with Gasteiger partial charge in [0.25, 0.3) is 0 Å². The first-order valence-electron chi connectivity index (χ1n) is 6.20. The van der Waals surface area contributed by atoms with Crippen LogP contribution in [0.2, 0.25) is 0 Å². The highest BCUT2D eigenvalue weighted by molar-refractivity contribution is 5.55. The van der Waals surface area contributed by atoms with Gasteiger partial charge in [-0.2, -0.15) is 0 Å². The van der Waals surface area contributed by atoms with E-state index in [4.69, 9.17) is 0 Å². The lowest BCUT2D eigenvalue weighted by molar-refractivity contribution is 0.168. The zero-order chi connectivity index (χ0) is 11.5. The second-order valence-electron chi connectivity index (χ2n) is 5.06. The van der Waals surface area contributed by atoms with Gasteiger partial charge in [-0.05, 0) is 24.8 Å². The Morgan fingerprint density at radius 3 is 2.88 bits per heavy atom. The average Bonchev–Trinajstić information content (AvgIpc) is 2.40. The number of hydrogen-bond donors (Lipinski definition) is 1. The molecule has 0 saturated carbocycles. The Balaban J connectivity index is 2.31. The van der Waals surface area contributed by atoms with Crippen molar-refractivity contribution in [1.82, 2.24) is 0 Å². The number of aliphatic hydroxyl groups is 1. The summed E-state index contributed by atoms with van der Waals surface area (Å²) in [6, 6.07) is 8.26. The SMILES string of the molecule is CC(C)CN1CCCC(O)c2ccccc21. The monoisotopic (exact) mass is 219 g/mol. The summed E-state index contributed by atoms with van der Waals surface area (Å²) in [5.41, 5.74) is 2.32. The topological polar surface area (TPSA) is 23.5 Å². The molecule has 0 spiro atoms. The fourth-order valence-corrected chi connectivity index (χ4v) is 2.44. The molecule has 1 aliphatic rings. The standard InChI is InChI=1S/C14H21NO/c1-11(2)10-15-9-5-8-14(16)12-6-3-4-7-13(12)15/h3-4,6-7,11,14,16H,5,8-10H2,1-2H3. The molecule has 1 atom stereocenters. The average molecular weight is 219 g/mol. The van der Waals surface area contributed by atoms with E-state index >= 15 is 0 Å². The van der Waals surface area contributed by atoms with E-state index in [0.717, 1.165) is 31.5 Å². The number of anilines is 1. The van der Waals surface area contributed by atoms with Gasteiger partial charge in [-0.15, -0.1) is 0 Å². The largest absolute Gasteiger partial charge is 0.388 e. The van der Waals surface area contributed by atoms with E-state index in [1.165, 1.54) is 5.69 Å². The Labute approximate surface area is 97.9 Å². The number of benzene rings is 1. The van der Waals surface area contributed by atoms with Crippen LogP contribution in [0.4, 0.5) is 5.69 Å². The van der Waals surface area contributed by atoms with Crippen LogP contribution in [0, 0.1) is 5.92 Å². The summed E-state index contributed by atoms with van der Waals surface area (Å²) < 4.78 is 0. The molecule has 1 aliphatic heterocycles. The zero-order valence-corrected chi connectivity index (χ0v) is 10.2. The van der Waals surface area contributed by atoms with Crippen molar-refractivity contribution in [1.29, 1.82) is 0 Å². The molecule has 2 heteroatoms. The zero-order valence-electron chi connectivity index (χ0n) is 10.2. The van der Waals surface area contributed by atoms with Crippen LogP contribution in [-0.2, 0) is 0 Å². The Morgan fingerprint density at radius 2 is 2.12 bits per heavy atom. The van der Waals surface area contributed by atoms with Gasteiger partial charge in [-0.3, -0.25) is 0 Å². The molecule has 1 unspecified atom stereocenters. The van der Waals surface area contributed by atoms with Crippen LogP contribution in [0.5, 0.6) is 0 Å². The number of fused-ring (bicyclic) bond motifs is 1. The molecule has 1 aromatic carbocycles. The quantitative estimate of drug-likeness (QED) is 0.826. The van der Waals surface area contributed by atoms with Crippen molar-refractivity contribution in [2.24, 2.45) is 5.92 Å². The van der Waals surface area contributed by atoms with Gasteiger partial charge in [0, 0.05) is 24.3 Å². The van der Waals surface area contributed by atoms with Crippen molar-refractivity contribution < 1.29 is 5.11 Å². The molecular formula is C14H21NO. The Bertz CT molecular complexity index is 348. The first kappa shape index (κ1) is 11.5. The minimum absolute atomic E-state index is 0.284. The maximum absolute atomic E-state index is 10.1. The van der Waals surface area contributed by atoms with Crippen LogP contribution in [0.3, 0.4) is 0 Å². The summed E-state index contributed by atoms with van der Waals surface area (Å²) in [6.07, 6.45) is 1.67. The van der Waals surface area contributed by atoms with Crippen LogP contribution in [0.25, 0.3) is 0 Å². The Kier molecular flexibility index (Phi) is 3.49. The lowest BCUT2D eigenvalue weighted by Crippen LogP contribution is -2.28. The summed E-state index contributed by atoms with van der Waals surface area (Å²) in [4.78, 5) is 2.41. The molecule has 1 N–H and O–H groups in total. The smallest absolute Gasteiger partial charge is 0.0810 e. The fraction of sp³-hybridized carbons (Fsp3) is 0.571. The molecule has 0 aromatic heterocycles. The molecule has 0 radical (unpaired) electrons. The van der Waals surface area contributed by atoms with E-state index in [1.54, 1.807) is 0 Å². The first-order chi connectivity index (χ1) is 7.68. The molecule has 2 nitrogen and oxygen atoms in total. The van der Waals surface area contributed by atoms with Gasteiger partial charge in [0.1, 0.15) is 0 Å². The maximum Gasteiger partial charge on any atom is 0.0810 e. The molecular weight excluding hydrogens is 198 g/mol. The molecule has 0 amide bonds. The third kappa shape index (κ3) is 2.38. The maximum atomic E-state index is 10.1. The molecule has 1 aromatic rings. The van der Waals surface area contributed by atoms with E-state index < -0.39 is 0 Å². The molecule has 0 bridgehead atoms. The van der Waals surface area contributed by atoms with E-state index in [9.17, 15) is 5.11 Å². The van der Waals surface area contributed by atoms with Crippen LogP contribution < -0.4 is 4.90 Å². The number of rotatable bonds is 2. The molecule has 0 aliphatic carbocycles. The fourth-order valence-electron chi connectivity index (χ4n) is 2.44. The summed E-state index contributed by atoms with van der Waals surface area (Å²) in [5.74, 6) is 0.656. The van der Waals surface area contributed by atoms with Crippen LogP contribution in [0.1, 0.15) is 38.4 Å². The van der Waals surface area contributed by atoms with E-state index in [2.05, 4.69) is 36.9 Å². The predicted octanol–water partition coefficient (Wildman–Crippen LogP) is 2.98. The highest BCUT2D eigenvalue weighted by Gasteiger charge is 2.20. The van der Waals surface area contributed by atoms with Crippen molar-refractivity contribution in [3.8, 4) is 0 Å². The molecule has 0 fully saturated rings. The van der Waals surface area contributed by atoms with E-state index in [1.807, 2.05) is 6.07 Å². The first-order valence-corrected chi connectivity index (χ1v) is 6.20. The van der Waals surface area contributed by atoms with Crippen LogP contribution >= 0.6 is 0 Å². The van der Waals surface area contributed by atoms with Gasteiger partial charge >= 0.3 is 0 Å². The Hall–Kier alpha value is -1.02. The van der Waals surface area contributed by atoms with Gasteiger partial charge in [-0.25, -0.2) is 0 Å². The van der Waals surface area contributed by atoms with Crippen molar-refractivity contribution in [3.63, 3.8) is 0 Å². The van der Waals surface area contributed by atoms with Gasteiger partial charge < -0.3 is 10.0 Å². The molecule has 1 heterocycles. The highest BCUT2D eigenvalue weighted by Crippen LogP contribution is 2.32. The van der Waals surface area contributed by atoms with E-state index in [-0.39, 0.29) is 6.10 Å². The Morgan fingerprint density at radius 1 is 1.38 bits per heavy atom. The van der Waals surface area contributed by atoms with Gasteiger partial charge in [0.15, 0.2) is 0 Å². The summed E-state index contributed by atoms with van der Waals surface area (Å²) in [5, 5.41) is 10.1. The third-order valence-electron chi connectivity index (χ3n) is 3.13. The lowest BCUT2D eigenvalue weighted by atomic mass is 10.0. The van der Waals surface area contributed by atoms with Crippen LogP contribution in [-0.4, -0.2) is 18.2 Å². The second kappa shape index (κ2) is 4.88. The minimum atomic E-state index is -0.284. The van der Waals surface area contributed by atoms with Crippen LogP contribution in [0.15, 0.2) is 24.3 Å². The normalized spacial score (nSPS) is 20.8. The summed E-state index contributed by atoms with van der Waals surface area (Å²) in [7, 11) is 0. The molecule has 0 saturated heterocycles. The minimum Gasteiger partial charge on any atom is -0.388 e. The number of para-hydroxylation sites is 1. The van der Waals surface area contributed by atoms with Crippen molar-refractivity contribution in [2.75, 3.05) is 18.0 Å². The van der Waals surface area contributed by atoms with Gasteiger partial charge in [-0.1, -0.05) is 32.0 Å². The summed E-state index contributed by atoms with van der Waals surface area (Å²) in [6.45, 7) is 6.61. The van der Waals surface area contributed by atoms with Crippen molar-refractivity contribution in [3.05, 3.63) is 29.8 Å². The third-order valence-corrected chi connectivity index (χ3v) is 3.13. The van der Waals surface area contributed by atoms with Crippen molar-refractivity contribution >= 4 is 5.69 Å². The summed E-state index contributed by atoms with van der Waals surface area (Å²) >= 11 is 0. The number of aliphatic hydroxyl groups excluding tert-OH is 1. The van der Waals surface area contributed by atoms with Gasteiger partial charge in [0.2, 0.25) is 0 Å². The molecule has 2 rings (SSSR count). The van der Waals surface area contributed by atoms with Gasteiger partial charge in [0.05, 0.1) is 6.10 Å². The molecule has 88 valence electrons. The van der Waals surface area contributed by atoms with E-state index in [0.29, 0.717) is 5.92 Å². The van der Waals surface area contributed by atoms with Crippen molar-refractivity contribution in [2.45, 2.75) is 32.8 Å². The number of hydrogen-bond acceptors (Lipinski definition) is 2. The second-order valence-corrected chi connectivity index (χ2v) is 5.06.